The molecular formula is C14H25N3. The lowest BCUT2D eigenvalue weighted by Gasteiger charge is -2.15. The van der Waals surface area contributed by atoms with Crippen molar-refractivity contribution < 1.29 is 0 Å². The Morgan fingerprint density at radius 3 is 2.71 bits per heavy atom. The number of nitrogens with zero attached hydrogens (tertiary/aromatic N) is 1. The molecule has 0 aliphatic heterocycles. The third-order valence-electron chi connectivity index (χ3n) is 2.85. The monoisotopic (exact) mass is 235 g/mol. The van der Waals surface area contributed by atoms with E-state index in [1.807, 2.05) is 6.92 Å². The summed E-state index contributed by atoms with van der Waals surface area (Å²) in [4.78, 5) is 4.47. The molecule has 3 nitrogen and oxygen atoms in total. The van der Waals surface area contributed by atoms with Crippen molar-refractivity contribution in [1.82, 2.24) is 15.6 Å². The fourth-order valence-corrected chi connectivity index (χ4v) is 1.75. The van der Waals surface area contributed by atoms with E-state index in [1.54, 1.807) is 0 Å². The molecule has 2 N–H and O–H groups in total. The van der Waals surface area contributed by atoms with Crippen LogP contribution in [0.15, 0.2) is 12.1 Å². The Balaban J connectivity index is 2.34. The fourth-order valence-electron chi connectivity index (χ4n) is 1.75. The summed E-state index contributed by atoms with van der Waals surface area (Å²) in [5.74, 6) is 0. The van der Waals surface area contributed by atoms with E-state index in [0.29, 0.717) is 6.04 Å². The highest BCUT2D eigenvalue weighted by atomic mass is 15.0. The quantitative estimate of drug-likeness (QED) is 0.711. The maximum atomic E-state index is 4.47. The molecule has 1 aromatic heterocycles. The smallest absolute Gasteiger partial charge is 0.0420 e. The number of pyridine rings is 1. The Kier molecular flexibility index (Phi) is 6.16. The van der Waals surface area contributed by atoms with Crippen LogP contribution >= 0.6 is 0 Å². The van der Waals surface area contributed by atoms with Crippen molar-refractivity contribution in [2.24, 2.45) is 0 Å². The van der Waals surface area contributed by atoms with Crippen LogP contribution in [0.25, 0.3) is 0 Å². The van der Waals surface area contributed by atoms with Gasteiger partial charge in [-0.15, -0.1) is 0 Å². The summed E-state index contributed by atoms with van der Waals surface area (Å²) in [6.45, 7) is 11.5. The summed E-state index contributed by atoms with van der Waals surface area (Å²) in [7, 11) is 0. The van der Waals surface area contributed by atoms with Crippen molar-refractivity contribution in [1.29, 1.82) is 0 Å². The minimum Gasteiger partial charge on any atom is -0.315 e. The molecule has 1 heterocycles. The van der Waals surface area contributed by atoms with Gasteiger partial charge >= 0.3 is 0 Å². The third-order valence-corrected chi connectivity index (χ3v) is 2.85. The lowest BCUT2D eigenvalue weighted by molar-refractivity contribution is 0.500. The van der Waals surface area contributed by atoms with E-state index in [0.717, 1.165) is 31.0 Å². The second-order valence-electron chi connectivity index (χ2n) is 4.68. The van der Waals surface area contributed by atoms with Crippen molar-refractivity contribution in [2.75, 3.05) is 13.1 Å². The Morgan fingerprint density at radius 1 is 1.29 bits per heavy atom. The number of hydrogen-bond acceptors (Lipinski definition) is 3. The van der Waals surface area contributed by atoms with E-state index in [2.05, 4.69) is 48.5 Å². The summed E-state index contributed by atoms with van der Waals surface area (Å²) < 4.78 is 0. The predicted molar refractivity (Wildman–Crippen MR) is 73.2 cm³/mol. The molecule has 0 aromatic carbocycles. The second kappa shape index (κ2) is 7.41. The van der Waals surface area contributed by atoms with Crippen LogP contribution in [0, 0.1) is 13.8 Å². The molecule has 1 atom stereocenters. The van der Waals surface area contributed by atoms with Gasteiger partial charge < -0.3 is 10.6 Å². The summed E-state index contributed by atoms with van der Waals surface area (Å²) in [6.07, 6.45) is 1.19. The normalized spacial score (nSPS) is 12.7. The molecule has 3 heteroatoms. The largest absolute Gasteiger partial charge is 0.315 e. The van der Waals surface area contributed by atoms with Gasteiger partial charge in [-0.1, -0.05) is 13.0 Å². The molecule has 0 spiro atoms. The Morgan fingerprint density at radius 2 is 2.06 bits per heavy atom. The SMILES string of the molecule is CCCNCC(C)NCc1ccc(C)nc1C. The molecular weight excluding hydrogens is 210 g/mol. The number of rotatable bonds is 7. The molecule has 96 valence electrons. The topological polar surface area (TPSA) is 37.0 Å². The molecule has 1 unspecified atom stereocenters. The molecule has 1 aromatic rings. The number of hydrogen-bond donors (Lipinski definition) is 2. The fraction of sp³-hybridized carbons (Fsp3) is 0.643. The minimum absolute atomic E-state index is 0.488. The number of aromatic nitrogens is 1. The van der Waals surface area contributed by atoms with Gasteiger partial charge in [-0.2, -0.15) is 0 Å². The van der Waals surface area contributed by atoms with E-state index < -0.39 is 0 Å². The van der Waals surface area contributed by atoms with E-state index in [4.69, 9.17) is 0 Å². The van der Waals surface area contributed by atoms with Crippen molar-refractivity contribution >= 4 is 0 Å². The summed E-state index contributed by atoms with van der Waals surface area (Å²) in [5.41, 5.74) is 3.51. The number of aryl methyl sites for hydroxylation is 2. The van der Waals surface area contributed by atoms with Crippen LogP contribution in [-0.4, -0.2) is 24.1 Å². The molecule has 0 bridgehead atoms. The zero-order valence-corrected chi connectivity index (χ0v) is 11.5. The Hall–Kier alpha value is -0.930. The highest BCUT2D eigenvalue weighted by molar-refractivity contribution is 5.21. The van der Waals surface area contributed by atoms with Crippen LogP contribution in [0.2, 0.25) is 0 Å². The maximum absolute atomic E-state index is 4.47. The van der Waals surface area contributed by atoms with Gasteiger partial charge in [0.15, 0.2) is 0 Å². The van der Waals surface area contributed by atoms with Crippen molar-refractivity contribution in [3.8, 4) is 0 Å². The maximum Gasteiger partial charge on any atom is 0.0420 e. The van der Waals surface area contributed by atoms with Crippen LogP contribution in [-0.2, 0) is 6.54 Å². The molecule has 0 aliphatic carbocycles. The highest BCUT2D eigenvalue weighted by Gasteiger charge is 2.03. The van der Waals surface area contributed by atoms with Crippen LogP contribution in [0.5, 0.6) is 0 Å². The lowest BCUT2D eigenvalue weighted by atomic mass is 10.1. The minimum atomic E-state index is 0.488. The van der Waals surface area contributed by atoms with Gasteiger partial charge in [0.1, 0.15) is 0 Å². The first-order valence-electron chi connectivity index (χ1n) is 6.50. The van der Waals surface area contributed by atoms with Crippen molar-refractivity contribution in [3.63, 3.8) is 0 Å². The lowest BCUT2D eigenvalue weighted by Crippen LogP contribution is -2.36. The summed E-state index contributed by atoms with van der Waals surface area (Å²) in [6, 6.07) is 4.73. The molecule has 0 amide bonds. The van der Waals surface area contributed by atoms with Crippen LogP contribution in [0.4, 0.5) is 0 Å². The van der Waals surface area contributed by atoms with Gasteiger partial charge in [0.25, 0.3) is 0 Å². The van der Waals surface area contributed by atoms with E-state index in [-0.39, 0.29) is 0 Å². The van der Waals surface area contributed by atoms with Gasteiger partial charge in [0.05, 0.1) is 0 Å². The van der Waals surface area contributed by atoms with Crippen molar-refractivity contribution in [2.45, 2.75) is 46.7 Å². The van der Waals surface area contributed by atoms with Gasteiger partial charge in [-0.05, 0) is 45.4 Å². The summed E-state index contributed by atoms with van der Waals surface area (Å²) >= 11 is 0. The second-order valence-corrected chi connectivity index (χ2v) is 4.68. The Labute approximate surface area is 105 Å². The average Bonchev–Trinajstić information content (AvgIpc) is 2.28. The zero-order valence-electron chi connectivity index (χ0n) is 11.5. The van der Waals surface area contributed by atoms with E-state index in [9.17, 15) is 0 Å². The molecule has 0 aliphatic rings. The molecule has 0 saturated carbocycles. The number of nitrogens with one attached hydrogen (secondary N) is 2. The molecule has 17 heavy (non-hydrogen) atoms. The molecule has 0 saturated heterocycles. The molecule has 0 fully saturated rings. The Bertz CT molecular complexity index is 336. The van der Waals surface area contributed by atoms with Gasteiger partial charge in [0.2, 0.25) is 0 Å². The van der Waals surface area contributed by atoms with Crippen LogP contribution in [0.1, 0.15) is 37.2 Å². The average molecular weight is 235 g/mol. The zero-order chi connectivity index (χ0) is 12.7. The van der Waals surface area contributed by atoms with Crippen molar-refractivity contribution in [3.05, 3.63) is 29.1 Å². The van der Waals surface area contributed by atoms with Crippen LogP contribution < -0.4 is 10.6 Å². The first kappa shape index (κ1) is 14.1. The van der Waals surface area contributed by atoms with Crippen LogP contribution in [0.3, 0.4) is 0 Å². The summed E-state index contributed by atoms with van der Waals surface area (Å²) in [5, 5.41) is 6.93. The highest BCUT2D eigenvalue weighted by Crippen LogP contribution is 2.06. The van der Waals surface area contributed by atoms with E-state index in [1.165, 1.54) is 12.0 Å². The predicted octanol–water partition coefficient (Wildman–Crippen LogP) is 2.18. The molecule has 0 radical (unpaired) electrons. The molecule has 1 rings (SSSR count). The third kappa shape index (κ3) is 5.29. The van der Waals surface area contributed by atoms with Gasteiger partial charge in [-0.3, -0.25) is 4.98 Å². The standard InChI is InChI=1S/C14H25N3/c1-5-8-15-9-12(3)16-10-14-7-6-11(2)17-13(14)4/h6-7,12,15-16H,5,8-10H2,1-4H3. The van der Waals surface area contributed by atoms with Gasteiger partial charge in [-0.25, -0.2) is 0 Å². The first-order chi connectivity index (χ1) is 8.13. The first-order valence-corrected chi connectivity index (χ1v) is 6.50. The van der Waals surface area contributed by atoms with E-state index >= 15 is 0 Å². The van der Waals surface area contributed by atoms with Gasteiger partial charge in [0, 0.05) is 30.5 Å².